The number of nitrogens with zero attached hydrogens (tertiary/aromatic N) is 1. The van der Waals surface area contributed by atoms with E-state index >= 15 is 0 Å². The van der Waals surface area contributed by atoms with E-state index in [1.807, 2.05) is 42.5 Å². The number of carbonyl (C=O) groups is 1. The molecule has 3 N–H and O–H groups in total. The highest BCUT2D eigenvalue weighted by Gasteiger charge is 2.29. The average Bonchev–Trinajstić information content (AvgIpc) is 2.72. The number of nitrogens with one attached hydrogen (secondary N) is 2. The molecule has 2 aromatic carbocycles. The molecule has 1 fully saturated rings. The number of β-amino-alcohol motifs (C(OH)–C–C–N with tert-alkyl or cyclic N) is 1. The van der Waals surface area contributed by atoms with E-state index in [0.717, 1.165) is 35.0 Å². The number of aromatic nitrogens is 1. The van der Waals surface area contributed by atoms with Gasteiger partial charge >= 0.3 is 0 Å². The van der Waals surface area contributed by atoms with E-state index in [-0.39, 0.29) is 12.5 Å². The summed E-state index contributed by atoms with van der Waals surface area (Å²) in [4.78, 5) is 17.1. The first kappa shape index (κ1) is 17.6. The molecule has 1 aliphatic heterocycles. The van der Waals surface area contributed by atoms with Crippen LogP contribution in [0.4, 0.5) is 0 Å². The number of piperidine rings is 1. The first-order chi connectivity index (χ1) is 13.1. The monoisotopic (exact) mass is 361 g/mol. The summed E-state index contributed by atoms with van der Waals surface area (Å²) in [6, 6.07) is 17.5. The maximum Gasteiger partial charge on any atom is 0.251 e. The van der Waals surface area contributed by atoms with E-state index in [4.69, 9.17) is 0 Å². The molecular weight excluding hydrogens is 338 g/mol. The lowest BCUT2D eigenvalue weighted by Crippen LogP contribution is -2.52. The first-order valence-corrected chi connectivity index (χ1v) is 9.30. The summed E-state index contributed by atoms with van der Waals surface area (Å²) >= 11 is 0. The molecule has 4 rings (SSSR count). The van der Waals surface area contributed by atoms with Crippen LogP contribution in [0.15, 0.2) is 60.8 Å². The van der Waals surface area contributed by atoms with Gasteiger partial charge in [0.15, 0.2) is 0 Å². The third-order valence-corrected chi connectivity index (χ3v) is 5.10. The highest BCUT2D eigenvalue weighted by atomic mass is 16.3. The third-order valence-electron chi connectivity index (χ3n) is 5.10. The van der Waals surface area contributed by atoms with Crippen molar-refractivity contribution in [2.75, 3.05) is 19.6 Å². The van der Waals surface area contributed by atoms with E-state index in [1.165, 1.54) is 0 Å². The predicted octanol–water partition coefficient (Wildman–Crippen LogP) is 2.75. The second-order valence-electron chi connectivity index (χ2n) is 7.15. The number of rotatable bonds is 4. The molecule has 5 nitrogen and oxygen atoms in total. The second kappa shape index (κ2) is 7.47. The number of amides is 1. The van der Waals surface area contributed by atoms with Crippen LogP contribution in [0, 0.1) is 0 Å². The third kappa shape index (κ3) is 3.84. The summed E-state index contributed by atoms with van der Waals surface area (Å²) in [5, 5.41) is 18.8. The number of aliphatic hydroxyl groups is 1. The number of benzene rings is 2. The minimum atomic E-state index is -0.872. The van der Waals surface area contributed by atoms with E-state index in [0.29, 0.717) is 18.5 Å². The standard InChI is InChI=1S/C22H23N3O2/c26-21(25-15-22(27)10-4-11-23-14-22)18-7-3-6-17(13-18)20-19-8-2-1-5-16(19)9-12-24-20/h1-3,5-9,12-13,23,27H,4,10-11,14-15H2,(H,25,26)/t22-/m0/s1. The maximum atomic E-state index is 12.6. The molecule has 0 bridgehead atoms. The van der Waals surface area contributed by atoms with Gasteiger partial charge in [-0.2, -0.15) is 0 Å². The Morgan fingerprint density at radius 3 is 2.93 bits per heavy atom. The van der Waals surface area contributed by atoms with Crippen molar-refractivity contribution in [1.29, 1.82) is 0 Å². The van der Waals surface area contributed by atoms with Crippen LogP contribution in [0.2, 0.25) is 0 Å². The van der Waals surface area contributed by atoms with E-state index in [9.17, 15) is 9.90 Å². The lowest BCUT2D eigenvalue weighted by Gasteiger charge is -2.32. The van der Waals surface area contributed by atoms with Crippen LogP contribution >= 0.6 is 0 Å². The molecule has 1 amide bonds. The van der Waals surface area contributed by atoms with Gasteiger partial charge in [-0.3, -0.25) is 9.78 Å². The van der Waals surface area contributed by atoms with Crippen LogP contribution in [-0.2, 0) is 0 Å². The predicted molar refractivity (Wildman–Crippen MR) is 107 cm³/mol. The molecule has 5 heteroatoms. The van der Waals surface area contributed by atoms with E-state index in [1.54, 1.807) is 12.3 Å². The molecular formula is C22H23N3O2. The lowest BCUT2D eigenvalue weighted by atomic mass is 9.94. The number of carbonyl (C=O) groups excluding carboxylic acids is 1. The van der Waals surface area contributed by atoms with Crippen LogP contribution in [0.5, 0.6) is 0 Å². The Balaban J connectivity index is 1.56. The highest BCUT2D eigenvalue weighted by molar-refractivity contribution is 5.98. The van der Waals surface area contributed by atoms with Crippen molar-refractivity contribution in [2.24, 2.45) is 0 Å². The fourth-order valence-electron chi connectivity index (χ4n) is 3.61. The molecule has 27 heavy (non-hydrogen) atoms. The maximum absolute atomic E-state index is 12.6. The van der Waals surface area contributed by atoms with Gasteiger partial charge in [0, 0.05) is 35.8 Å². The Morgan fingerprint density at radius 1 is 1.19 bits per heavy atom. The van der Waals surface area contributed by atoms with Crippen molar-refractivity contribution in [3.05, 3.63) is 66.4 Å². The molecule has 0 saturated carbocycles. The molecule has 138 valence electrons. The Kier molecular flexibility index (Phi) is 4.88. The van der Waals surface area contributed by atoms with Gasteiger partial charge in [0.05, 0.1) is 11.3 Å². The van der Waals surface area contributed by atoms with Crippen molar-refractivity contribution in [3.63, 3.8) is 0 Å². The number of fused-ring (bicyclic) bond motifs is 1. The smallest absolute Gasteiger partial charge is 0.251 e. The zero-order valence-electron chi connectivity index (χ0n) is 15.1. The van der Waals surface area contributed by atoms with Crippen molar-refractivity contribution in [1.82, 2.24) is 15.6 Å². The molecule has 0 unspecified atom stereocenters. The summed E-state index contributed by atoms with van der Waals surface area (Å²) in [5.74, 6) is -0.184. The normalized spacial score (nSPS) is 19.7. The summed E-state index contributed by atoms with van der Waals surface area (Å²) < 4.78 is 0. The van der Waals surface area contributed by atoms with Crippen LogP contribution in [0.1, 0.15) is 23.2 Å². The lowest BCUT2D eigenvalue weighted by molar-refractivity contribution is 0.0170. The zero-order valence-corrected chi connectivity index (χ0v) is 15.1. The summed E-state index contributed by atoms with van der Waals surface area (Å²) in [7, 11) is 0. The van der Waals surface area contributed by atoms with Crippen LogP contribution in [0.25, 0.3) is 22.0 Å². The molecule has 0 spiro atoms. The van der Waals surface area contributed by atoms with Crippen molar-refractivity contribution in [3.8, 4) is 11.3 Å². The zero-order chi connectivity index (χ0) is 18.7. The number of hydrogen-bond donors (Lipinski definition) is 3. The fourth-order valence-corrected chi connectivity index (χ4v) is 3.61. The van der Waals surface area contributed by atoms with Gasteiger partial charge in [0.1, 0.15) is 0 Å². The average molecular weight is 361 g/mol. The Hall–Kier alpha value is -2.76. The molecule has 2 heterocycles. The van der Waals surface area contributed by atoms with E-state index < -0.39 is 5.60 Å². The van der Waals surface area contributed by atoms with Crippen LogP contribution < -0.4 is 10.6 Å². The number of pyridine rings is 1. The summed E-state index contributed by atoms with van der Waals surface area (Å²) in [6.07, 6.45) is 3.39. The fraction of sp³-hybridized carbons (Fsp3) is 0.273. The Morgan fingerprint density at radius 2 is 2.07 bits per heavy atom. The minimum absolute atomic E-state index is 0.184. The quantitative estimate of drug-likeness (QED) is 0.668. The molecule has 0 radical (unpaired) electrons. The topological polar surface area (TPSA) is 74.2 Å². The highest BCUT2D eigenvalue weighted by Crippen LogP contribution is 2.27. The van der Waals surface area contributed by atoms with Gasteiger partial charge < -0.3 is 15.7 Å². The minimum Gasteiger partial charge on any atom is -0.387 e. The van der Waals surface area contributed by atoms with Gasteiger partial charge in [0.25, 0.3) is 5.91 Å². The summed E-state index contributed by atoms with van der Waals surface area (Å²) in [6.45, 7) is 1.67. The molecule has 1 aromatic heterocycles. The van der Waals surface area contributed by atoms with Gasteiger partial charge in [-0.05, 0) is 43.0 Å². The van der Waals surface area contributed by atoms with Gasteiger partial charge in [-0.25, -0.2) is 0 Å². The van der Waals surface area contributed by atoms with Crippen molar-refractivity contribution >= 4 is 16.7 Å². The van der Waals surface area contributed by atoms with Gasteiger partial charge in [0.2, 0.25) is 0 Å². The van der Waals surface area contributed by atoms with Crippen molar-refractivity contribution in [2.45, 2.75) is 18.4 Å². The number of hydrogen-bond acceptors (Lipinski definition) is 4. The summed E-state index contributed by atoms with van der Waals surface area (Å²) in [5.41, 5.74) is 1.45. The largest absolute Gasteiger partial charge is 0.387 e. The molecule has 1 aliphatic rings. The Bertz CT molecular complexity index is 959. The molecule has 3 aromatic rings. The molecule has 1 atom stereocenters. The van der Waals surface area contributed by atoms with Crippen LogP contribution in [-0.4, -0.2) is 41.2 Å². The SMILES string of the molecule is O=C(NC[C@]1(O)CCCNC1)c1cccc(-c2nccc3ccccc23)c1. The van der Waals surface area contributed by atoms with E-state index in [2.05, 4.69) is 21.7 Å². The van der Waals surface area contributed by atoms with Gasteiger partial charge in [-0.15, -0.1) is 0 Å². The first-order valence-electron chi connectivity index (χ1n) is 9.30. The van der Waals surface area contributed by atoms with Crippen molar-refractivity contribution < 1.29 is 9.90 Å². The van der Waals surface area contributed by atoms with Gasteiger partial charge in [-0.1, -0.05) is 36.4 Å². The Labute approximate surface area is 158 Å². The van der Waals surface area contributed by atoms with Crippen LogP contribution in [0.3, 0.4) is 0 Å². The molecule has 1 saturated heterocycles. The molecule has 0 aliphatic carbocycles. The second-order valence-corrected chi connectivity index (χ2v) is 7.15.